The molecule has 17 heavy (non-hydrogen) atoms. The Bertz CT molecular complexity index is 132. The molecule has 0 amide bonds. The van der Waals surface area contributed by atoms with Crippen molar-refractivity contribution in [1.82, 2.24) is 0 Å². The third kappa shape index (κ3) is 9.91. The van der Waals surface area contributed by atoms with Crippen molar-refractivity contribution in [1.29, 1.82) is 0 Å². The zero-order chi connectivity index (χ0) is 13.0. The van der Waals surface area contributed by atoms with Crippen molar-refractivity contribution in [2.24, 2.45) is 0 Å². The summed E-state index contributed by atoms with van der Waals surface area (Å²) < 4.78 is 0. The molecule has 0 unspecified atom stereocenters. The first-order valence-electron chi connectivity index (χ1n) is 7.47. The molecule has 0 aromatic rings. The molecule has 0 fully saturated rings. The molecule has 0 aliphatic heterocycles. The van der Waals surface area contributed by atoms with Crippen LogP contribution < -0.4 is 0 Å². The Morgan fingerprint density at radius 3 is 1.53 bits per heavy atom. The lowest BCUT2D eigenvalue weighted by atomic mass is 9.86. The first kappa shape index (κ1) is 17.2. The number of aliphatic hydroxyl groups is 1. The van der Waals surface area contributed by atoms with Gasteiger partial charge in [0.05, 0.1) is 5.60 Å². The SMILES string of the molecule is CCCCCC(O)(CCCCC)CCCCCl. The third-order valence-electron chi connectivity index (χ3n) is 3.52. The minimum Gasteiger partial charge on any atom is -0.390 e. The second-order valence-electron chi connectivity index (χ2n) is 5.28. The van der Waals surface area contributed by atoms with Crippen molar-refractivity contribution in [2.75, 3.05) is 5.88 Å². The largest absolute Gasteiger partial charge is 0.390 e. The van der Waals surface area contributed by atoms with Gasteiger partial charge in [0, 0.05) is 5.88 Å². The van der Waals surface area contributed by atoms with E-state index in [1.807, 2.05) is 0 Å². The Morgan fingerprint density at radius 2 is 1.18 bits per heavy atom. The fourth-order valence-electron chi connectivity index (χ4n) is 2.33. The van der Waals surface area contributed by atoms with Crippen molar-refractivity contribution < 1.29 is 5.11 Å². The van der Waals surface area contributed by atoms with E-state index in [1.54, 1.807) is 0 Å². The molecule has 0 aliphatic rings. The summed E-state index contributed by atoms with van der Waals surface area (Å²) in [5.41, 5.74) is -0.406. The molecule has 104 valence electrons. The van der Waals surface area contributed by atoms with Gasteiger partial charge in [0.2, 0.25) is 0 Å². The molecule has 0 saturated carbocycles. The Kier molecular flexibility index (Phi) is 11.5. The maximum atomic E-state index is 10.6. The molecule has 0 aliphatic carbocycles. The molecule has 0 aromatic heterocycles. The normalized spacial score (nSPS) is 12.0. The van der Waals surface area contributed by atoms with Crippen LogP contribution in [0.5, 0.6) is 0 Å². The van der Waals surface area contributed by atoms with Crippen molar-refractivity contribution >= 4 is 11.6 Å². The van der Waals surface area contributed by atoms with E-state index in [4.69, 9.17) is 11.6 Å². The molecule has 0 spiro atoms. The molecule has 0 saturated heterocycles. The molecule has 0 rings (SSSR count). The first-order valence-corrected chi connectivity index (χ1v) is 8.00. The van der Waals surface area contributed by atoms with Gasteiger partial charge in [-0.15, -0.1) is 11.6 Å². The van der Waals surface area contributed by atoms with Crippen molar-refractivity contribution in [3.05, 3.63) is 0 Å². The highest BCUT2D eigenvalue weighted by molar-refractivity contribution is 6.17. The topological polar surface area (TPSA) is 20.2 Å². The highest BCUT2D eigenvalue weighted by Crippen LogP contribution is 2.28. The number of unbranched alkanes of at least 4 members (excludes halogenated alkanes) is 5. The number of alkyl halides is 1. The average Bonchev–Trinajstić information content (AvgIpc) is 2.30. The molecule has 1 N–H and O–H groups in total. The summed E-state index contributed by atoms with van der Waals surface area (Å²) in [6, 6.07) is 0. The first-order chi connectivity index (χ1) is 8.18. The van der Waals surface area contributed by atoms with Crippen LogP contribution in [0, 0.1) is 0 Å². The van der Waals surface area contributed by atoms with Crippen LogP contribution in [0.15, 0.2) is 0 Å². The summed E-state index contributed by atoms with van der Waals surface area (Å²) in [6.07, 6.45) is 12.3. The number of hydrogen-bond donors (Lipinski definition) is 1. The minimum absolute atomic E-state index is 0.406. The summed E-state index contributed by atoms with van der Waals surface area (Å²) in [6.45, 7) is 4.42. The Balaban J connectivity index is 3.95. The lowest BCUT2D eigenvalue weighted by molar-refractivity contribution is 0.00774. The lowest BCUT2D eigenvalue weighted by Crippen LogP contribution is -2.28. The van der Waals surface area contributed by atoms with Crippen LogP contribution in [0.25, 0.3) is 0 Å². The molecule has 0 aromatic carbocycles. The van der Waals surface area contributed by atoms with E-state index in [1.165, 1.54) is 38.5 Å². The van der Waals surface area contributed by atoms with E-state index in [-0.39, 0.29) is 0 Å². The highest BCUT2D eigenvalue weighted by atomic mass is 35.5. The van der Waals surface area contributed by atoms with Crippen molar-refractivity contribution in [2.45, 2.75) is 90.1 Å². The Labute approximate surface area is 113 Å². The standard InChI is InChI=1S/C15H31ClO/c1-3-5-7-11-15(17,12-8-6-4-2)13-9-10-14-16/h17H,3-14H2,1-2H3. The third-order valence-corrected chi connectivity index (χ3v) is 3.78. The van der Waals surface area contributed by atoms with Gasteiger partial charge >= 0.3 is 0 Å². The maximum absolute atomic E-state index is 10.6. The summed E-state index contributed by atoms with van der Waals surface area (Å²) >= 11 is 5.70. The molecule has 2 heteroatoms. The summed E-state index contributed by atoms with van der Waals surface area (Å²) in [5.74, 6) is 0.722. The van der Waals surface area contributed by atoms with Gasteiger partial charge in [-0.1, -0.05) is 52.4 Å². The predicted molar refractivity (Wildman–Crippen MR) is 77.8 cm³/mol. The second kappa shape index (κ2) is 11.3. The van der Waals surface area contributed by atoms with Crippen LogP contribution in [0.3, 0.4) is 0 Å². The van der Waals surface area contributed by atoms with Crippen LogP contribution in [0.2, 0.25) is 0 Å². The monoisotopic (exact) mass is 262 g/mol. The molecule has 0 bridgehead atoms. The van der Waals surface area contributed by atoms with Gasteiger partial charge in [0.25, 0.3) is 0 Å². The van der Waals surface area contributed by atoms with E-state index in [0.29, 0.717) is 0 Å². The average molecular weight is 263 g/mol. The molecule has 1 nitrogen and oxygen atoms in total. The van der Waals surface area contributed by atoms with Gasteiger partial charge in [-0.25, -0.2) is 0 Å². The smallest absolute Gasteiger partial charge is 0.0647 e. The molecule has 0 radical (unpaired) electrons. The summed E-state index contributed by atoms with van der Waals surface area (Å²) in [7, 11) is 0. The zero-order valence-corrected chi connectivity index (χ0v) is 12.6. The molecular formula is C15H31ClO. The highest BCUT2D eigenvalue weighted by Gasteiger charge is 2.24. The van der Waals surface area contributed by atoms with E-state index in [9.17, 15) is 5.11 Å². The fraction of sp³-hybridized carbons (Fsp3) is 1.00. The summed E-state index contributed by atoms with van der Waals surface area (Å²) in [4.78, 5) is 0. The van der Waals surface area contributed by atoms with E-state index in [0.717, 1.165) is 38.0 Å². The zero-order valence-electron chi connectivity index (χ0n) is 11.8. The van der Waals surface area contributed by atoms with E-state index < -0.39 is 5.60 Å². The van der Waals surface area contributed by atoms with Crippen molar-refractivity contribution in [3.8, 4) is 0 Å². The van der Waals surface area contributed by atoms with E-state index >= 15 is 0 Å². The van der Waals surface area contributed by atoms with Gasteiger partial charge < -0.3 is 5.11 Å². The van der Waals surface area contributed by atoms with Crippen LogP contribution >= 0.6 is 11.6 Å². The van der Waals surface area contributed by atoms with Crippen molar-refractivity contribution in [3.63, 3.8) is 0 Å². The number of halogens is 1. The minimum atomic E-state index is -0.406. The summed E-state index contributed by atoms with van der Waals surface area (Å²) in [5, 5.41) is 10.6. The van der Waals surface area contributed by atoms with Gasteiger partial charge in [0.1, 0.15) is 0 Å². The molecule has 0 atom stereocenters. The van der Waals surface area contributed by atoms with Gasteiger partial charge in [-0.05, 0) is 32.1 Å². The Morgan fingerprint density at radius 1 is 0.765 bits per heavy atom. The molecular weight excluding hydrogens is 232 g/mol. The van der Waals surface area contributed by atoms with Crippen LogP contribution in [0.4, 0.5) is 0 Å². The van der Waals surface area contributed by atoms with Gasteiger partial charge in [0.15, 0.2) is 0 Å². The number of hydrogen-bond acceptors (Lipinski definition) is 1. The molecule has 0 heterocycles. The fourth-order valence-corrected chi connectivity index (χ4v) is 2.52. The lowest BCUT2D eigenvalue weighted by Gasteiger charge is -2.28. The second-order valence-corrected chi connectivity index (χ2v) is 5.66. The van der Waals surface area contributed by atoms with Gasteiger partial charge in [-0.3, -0.25) is 0 Å². The number of rotatable bonds is 12. The Hall–Kier alpha value is 0.250. The quantitative estimate of drug-likeness (QED) is 0.374. The predicted octanol–water partition coefficient (Wildman–Crippen LogP) is 5.29. The van der Waals surface area contributed by atoms with Gasteiger partial charge in [-0.2, -0.15) is 0 Å². The van der Waals surface area contributed by atoms with Crippen LogP contribution in [-0.2, 0) is 0 Å². The maximum Gasteiger partial charge on any atom is 0.0647 e. The van der Waals surface area contributed by atoms with Crippen LogP contribution in [0.1, 0.15) is 84.5 Å². The van der Waals surface area contributed by atoms with Crippen LogP contribution in [-0.4, -0.2) is 16.6 Å². The van der Waals surface area contributed by atoms with E-state index in [2.05, 4.69) is 13.8 Å².